The number of rotatable bonds is 7. The average Bonchev–Trinajstić information content (AvgIpc) is 3.17. The summed E-state index contributed by atoms with van der Waals surface area (Å²) in [5.74, 6) is -0.120. The molecule has 1 aliphatic heterocycles. The summed E-state index contributed by atoms with van der Waals surface area (Å²) >= 11 is 0. The number of likely N-dealkylation sites (N-methyl/N-ethyl adjacent to an activating group) is 1. The van der Waals surface area contributed by atoms with Crippen LogP contribution in [0.5, 0.6) is 0 Å². The highest BCUT2D eigenvalue weighted by atomic mass is 19.1. The molecule has 0 unspecified atom stereocenters. The Labute approximate surface area is 187 Å². The number of benzene rings is 2. The molecule has 2 aromatic carbocycles. The minimum atomic E-state index is -0.270. The molecule has 6 nitrogen and oxygen atoms in total. The number of hydrogen-bond donors (Lipinski definition) is 2. The van der Waals surface area contributed by atoms with E-state index in [1.165, 1.54) is 12.1 Å². The first kappa shape index (κ1) is 22.0. The molecule has 7 heteroatoms. The van der Waals surface area contributed by atoms with Gasteiger partial charge in [-0.2, -0.15) is 0 Å². The predicted molar refractivity (Wildman–Crippen MR) is 124 cm³/mol. The van der Waals surface area contributed by atoms with Gasteiger partial charge < -0.3 is 15.2 Å². The molecular formula is C25H29FN4O2. The number of halogens is 1. The Morgan fingerprint density at radius 2 is 1.75 bits per heavy atom. The summed E-state index contributed by atoms with van der Waals surface area (Å²) in [7, 11) is 0. The van der Waals surface area contributed by atoms with E-state index < -0.39 is 0 Å². The van der Waals surface area contributed by atoms with E-state index in [1.54, 1.807) is 12.1 Å². The van der Waals surface area contributed by atoms with Crippen molar-refractivity contribution in [1.29, 1.82) is 0 Å². The summed E-state index contributed by atoms with van der Waals surface area (Å²) in [5.41, 5.74) is 3.93. The van der Waals surface area contributed by atoms with Crippen molar-refractivity contribution >= 4 is 22.7 Å². The maximum atomic E-state index is 13.4. The van der Waals surface area contributed by atoms with E-state index in [-0.39, 0.29) is 17.6 Å². The number of piperazine rings is 1. The topological polar surface area (TPSA) is 68.4 Å². The highest BCUT2D eigenvalue weighted by Gasteiger charge is 2.23. The van der Waals surface area contributed by atoms with Gasteiger partial charge in [0.25, 0.3) is 0 Å². The molecule has 0 radical (unpaired) electrons. The van der Waals surface area contributed by atoms with E-state index in [0.29, 0.717) is 52.1 Å². The fraction of sp³-hybridized carbons (Fsp3) is 0.360. The monoisotopic (exact) mass is 436 g/mol. The van der Waals surface area contributed by atoms with E-state index in [4.69, 9.17) is 0 Å². The molecule has 4 rings (SSSR count). The van der Waals surface area contributed by atoms with Crippen molar-refractivity contribution in [2.24, 2.45) is 0 Å². The Bertz CT molecular complexity index is 1090. The van der Waals surface area contributed by atoms with Gasteiger partial charge in [0, 0.05) is 55.7 Å². The highest BCUT2D eigenvalue weighted by molar-refractivity contribution is 5.91. The van der Waals surface area contributed by atoms with E-state index in [0.717, 1.165) is 27.7 Å². The van der Waals surface area contributed by atoms with Crippen molar-refractivity contribution in [3.63, 3.8) is 0 Å². The van der Waals surface area contributed by atoms with E-state index in [2.05, 4.69) is 21.3 Å². The number of H-pyrrole nitrogens is 1. The molecule has 1 aromatic heterocycles. The summed E-state index contributed by atoms with van der Waals surface area (Å²) in [6.07, 6.45) is 1.01. The van der Waals surface area contributed by atoms with Crippen LogP contribution in [0.2, 0.25) is 0 Å². The molecule has 2 N–H and O–H groups in total. The number of carbonyl (C=O) groups is 2. The number of fused-ring (bicyclic) bond motifs is 1. The molecule has 0 aliphatic carbocycles. The number of nitrogens with one attached hydrogen (secondary N) is 2. The molecular weight excluding hydrogens is 407 g/mol. The van der Waals surface area contributed by atoms with Gasteiger partial charge >= 0.3 is 0 Å². The average molecular weight is 437 g/mol. The second-order valence-corrected chi connectivity index (χ2v) is 8.14. The van der Waals surface area contributed by atoms with E-state index >= 15 is 0 Å². The zero-order valence-corrected chi connectivity index (χ0v) is 18.4. The number of aryl methyl sites for hydroxylation is 1. The second kappa shape index (κ2) is 9.96. The van der Waals surface area contributed by atoms with Crippen molar-refractivity contribution in [1.82, 2.24) is 20.1 Å². The van der Waals surface area contributed by atoms with Crippen LogP contribution >= 0.6 is 0 Å². The van der Waals surface area contributed by atoms with Gasteiger partial charge in [-0.15, -0.1) is 0 Å². The molecule has 32 heavy (non-hydrogen) atoms. The number of nitrogens with zero attached hydrogens (tertiary/aromatic N) is 2. The quantitative estimate of drug-likeness (QED) is 0.598. The van der Waals surface area contributed by atoms with Gasteiger partial charge in [-0.05, 0) is 54.8 Å². The van der Waals surface area contributed by atoms with Crippen LogP contribution < -0.4 is 5.32 Å². The number of para-hydroxylation sites is 1. The van der Waals surface area contributed by atoms with Gasteiger partial charge in [-0.1, -0.05) is 18.2 Å². The molecule has 0 spiro atoms. The summed E-state index contributed by atoms with van der Waals surface area (Å²) in [4.78, 5) is 32.1. The van der Waals surface area contributed by atoms with Crippen LogP contribution in [-0.4, -0.2) is 65.9 Å². The minimum Gasteiger partial charge on any atom is -0.355 e. The van der Waals surface area contributed by atoms with Crippen molar-refractivity contribution in [3.8, 4) is 11.3 Å². The second-order valence-electron chi connectivity index (χ2n) is 8.14. The highest BCUT2D eigenvalue weighted by Crippen LogP contribution is 2.31. The van der Waals surface area contributed by atoms with Crippen LogP contribution in [0.25, 0.3) is 22.2 Å². The smallest absolute Gasteiger partial charge is 0.234 e. The molecule has 2 heterocycles. The molecule has 168 valence electrons. The fourth-order valence-electron chi connectivity index (χ4n) is 4.32. The SMILES string of the molecule is CCNC(=O)CN1CCN(C(=O)CCc2c(-c3ccc(F)cc3)[nH]c3ccccc23)CC1. The van der Waals surface area contributed by atoms with Crippen LogP contribution in [0.1, 0.15) is 18.9 Å². The lowest BCUT2D eigenvalue weighted by Crippen LogP contribution is -2.51. The Morgan fingerprint density at radius 3 is 2.47 bits per heavy atom. The van der Waals surface area contributed by atoms with Gasteiger partial charge in [0.05, 0.1) is 6.54 Å². The first-order valence-corrected chi connectivity index (χ1v) is 11.2. The Kier molecular flexibility index (Phi) is 6.85. The largest absolute Gasteiger partial charge is 0.355 e. The molecule has 1 saturated heterocycles. The van der Waals surface area contributed by atoms with E-state index in [1.807, 2.05) is 30.0 Å². The Morgan fingerprint density at radius 1 is 1.03 bits per heavy atom. The normalized spacial score (nSPS) is 14.6. The van der Waals surface area contributed by atoms with Crippen molar-refractivity contribution in [2.45, 2.75) is 19.8 Å². The van der Waals surface area contributed by atoms with Crippen LogP contribution in [0.15, 0.2) is 48.5 Å². The summed E-state index contributed by atoms with van der Waals surface area (Å²) in [6, 6.07) is 14.5. The number of aromatic nitrogens is 1. The maximum absolute atomic E-state index is 13.4. The standard InChI is InChI=1S/C25H29FN4O2/c1-2-27-23(31)17-29-13-15-30(16-14-29)24(32)12-11-21-20-5-3-4-6-22(20)28-25(21)18-7-9-19(26)10-8-18/h3-10,28H,2,11-17H2,1H3,(H,27,31). The number of amides is 2. The lowest BCUT2D eigenvalue weighted by atomic mass is 10.0. The maximum Gasteiger partial charge on any atom is 0.234 e. The lowest BCUT2D eigenvalue weighted by molar-refractivity contribution is -0.133. The van der Waals surface area contributed by atoms with Gasteiger partial charge in [-0.3, -0.25) is 14.5 Å². The molecule has 0 atom stereocenters. The van der Waals surface area contributed by atoms with Crippen molar-refractivity contribution in [2.75, 3.05) is 39.3 Å². The summed E-state index contributed by atoms with van der Waals surface area (Å²) < 4.78 is 13.4. The van der Waals surface area contributed by atoms with Gasteiger partial charge in [-0.25, -0.2) is 4.39 Å². The van der Waals surface area contributed by atoms with Crippen molar-refractivity contribution in [3.05, 3.63) is 59.9 Å². The van der Waals surface area contributed by atoms with Crippen LogP contribution in [0.4, 0.5) is 4.39 Å². The number of hydrogen-bond acceptors (Lipinski definition) is 3. The third-order valence-electron chi connectivity index (χ3n) is 6.00. The molecule has 3 aromatic rings. The number of aromatic amines is 1. The van der Waals surface area contributed by atoms with E-state index in [9.17, 15) is 14.0 Å². The minimum absolute atomic E-state index is 0.0277. The van der Waals surface area contributed by atoms with Crippen LogP contribution in [-0.2, 0) is 16.0 Å². The Balaban J connectivity index is 1.42. The molecule has 1 aliphatic rings. The first-order valence-electron chi connectivity index (χ1n) is 11.2. The lowest BCUT2D eigenvalue weighted by Gasteiger charge is -2.34. The van der Waals surface area contributed by atoms with Crippen LogP contribution in [0.3, 0.4) is 0 Å². The zero-order valence-electron chi connectivity index (χ0n) is 18.4. The molecule has 1 fully saturated rings. The number of carbonyl (C=O) groups excluding carboxylic acids is 2. The third-order valence-corrected chi connectivity index (χ3v) is 6.00. The van der Waals surface area contributed by atoms with Crippen LogP contribution in [0, 0.1) is 5.82 Å². The summed E-state index contributed by atoms with van der Waals surface area (Å²) in [5, 5.41) is 3.90. The predicted octanol–water partition coefficient (Wildman–Crippen LogP) is 3.19. The third kappa shape index (κ3) is 4.99. The van der Waals surface area contributed by atoms with Gasteiger partial charge in [0.2, 0.25) is 11.8 Å². The van der Waals surface area contributed by atoms with Gasteiger partial charge in [0.1, 0.15) is 5.82 Å². The molecule has 0 saturated carbocycles. The fourth-order valence-corrected chi connectivity index (χ4v) is 4.32. The zero-order chi connectivity index (χ0) is 22.5. The first-order chi connectivity index (χ1) is 15.5. The van der Waals surface area contributed by atoms with Crippen molar-refractivity contribution < 1.29 is 14.0 Å². The molecule has 2 amide bonds. The Hall–Kier alpha value is -3.19. The van der Waals surface area contributed by atoms with Gasteiger partial charge in [0.15, 0.2) is 0 Å². The summed E-state index contributed by atoms with van der Waals surface area (Å²) in [6.45, 7) is 5.60. The molecule has 0 bridgehead atoms.